The topological polar surface area (TPSA) is 21.8 Å². The van der Waals surface area contributed by atoms with Gasteiger partial charge in [-0.05, 0) is 38.5 Å². The van der Waals surface area contributed by atoms with Crippen LogP contribution in [-0.4, -0.2) is 25.4 Å². The molecule has 2 nitrogen and oxygen atoms in total. The van der Waals surface area contributed by atoms with Crippen molar-refractivity contribution in [3.8, 4) is 0 Å². The van der Waals surface area contributed by atoms with Crippen molar-refractivity contribution in [2.75, 3.05) is 13.2 Å². The second kappa shape index (κ2) is 17.8. The molecule has 1 aliphatic heterocycles. The summed E-state index contributed by atoms with van der Waals surface area (Å²) in [5, 5.41) is 0. The maximum absolute atomic E-state index is 5.92. The lowest BCUT2D eigenvalue weighted by Crippen LogP contribution is -2.19. The fraction of sp³-hybridized carbons (Fsp3) is 0.833. The van der Waals surface area contributed by atoms with Crippen LogP contribution in [0, 0.1) is 0 Å². The van der Waals surface area contributed by atoms with Gasteiger partial charge in [-0.15, -0.1) is 6.58 Å². The maximum Gasteiger partial charge on any atom is 0.107 e. The quantitative estimate of drug-likeness (QED) is 0.128. The fourth-order valence-corrected chi connectivity index (χ4v) is 3.35. The van der Waals surface area contributed by atoms with Crippen LogP contribution < -0.4 is 0 Å². The second-order valence-electron chi connectivity index (χ2n) is 7.74. The van der Waals surface area contributed by atoms with Crippen LogP contribution in [0.25, 0.3) is 0 Å². The van der Waals surface area contributed by atoms with Gasteiger partial charge in [0.05, 0.1) is 12.7 Å². The van der Waals surface area contributed by atoms with Crippen LogP contribution in [0.4, 0.5) is 0 Å². The average molecular weight is 365 g/mol. The van der Waals surface area contributed by atoms with E-state index in [1.807, 2.05) is 6.08 Å². The van der Waals surface area contributed by atoms with Crippen molar-refractivity contribution in [3.63, 3.8) is 0 Å². The number of unbranched alkanes of at least 4 members (excludes halogenated alkanes) is 12. The zero-order valence-corrected chi connectivity index (χ0v) is 17.4. The van der Waals surface area contributed by atoms with Gasteiger partial charge in [0.15, 0.2) is 0 Å². The van der Waals surface area contributed by atoms with Crippen LogP contribution in [0.2, 0.25) is 0 Å². The molecule has 2 heteroatoms. The molecule has 2 atom stereocenters. The predicted molar refractivity (Wildman–Crippen MR) is 114 cm³/mol. The SMILES string of the molecule is C=CCC(OCCCCCCCC/C=C\CCCCCCCC)C1CO1. The van der Waals surface area contributed by atoms with E-state index in [4.69, 9.17) is 9.47 Å². The molecule has 1 heterocycles. The van der Waals surface area contributed by atoms with E-state index in [0.29, 0.717) is 6.10 Å². The Hall–Kier alpha value is -0.600. The van der Waals surface area contributed by atoms with E-state index in [2.05, 4.69) is 25.7 Å². The molecule has 0 aliphatic carbocycles. The zero-order chi connectivity index (χ0) is 18.7. The number of hydrogen-bond acceptors (Lipinski definition) is 2. The second-order valence-corrected chi connectivity index (χ2v) is 7.74. The molecule has 2 unspecified atom stereocenters. The lowest BCUT2D eigenvalue weighted by Gasteiger charge is -2.13. The summed E-state index contributed by atoms with van der Waals surface area (Å²) in [5.74, 6) is 0. The molecule has 1 rings (SSSR count). The minimum Gasteiger partial charge on any atom is -0.375 e. The number of rotatable bonds is 20. The minimum absolute atomic E-state index is 0.246. The van der Waals surface area contributed by atoms with E-state index in [1.54, 1.807) is 0 Å². The molecule has 26 heavy (non-hydrogen) atoms. The molecule has 0 aromatic rings. The summed E-state index contributed by atoms with van der Waals surface area (Å²) in [4.78, 5) is 0. The molecule has 0 bridgehead atoms. The Morgan fingerprint density at radius 2 is 1.42 bits per heavy atom. The first-order chi connectivity index (χ1) is 12.9. The third-order valence-electron chi connectivity index (χ3n) is 5.16. The molecule has 152 valence electrons. The van der Waals surface area contributed by atoms with Gasteiger partial charge in [0.25, 0.3) is 0 Å². The largest absolute Gasteiger partial charge is 0.375 e. The van der Waals surface area contributed by atoms with Gasteiger partial charge in [-0.2, -0.15) is 0 Å². The summed E-state index contributed by atoms with van der Waals surface area (Å²) in [6, 6.07) is 0. The van der Waals surface area contributed by atoms with Crippen molar-refractivity contribution in [2.45, 2.75) is 115 Å². The van der Waals surface area contributed by atoms with Crippen LogP contribution in [0.1, 0.15) is 103 Å². The molecule has 1 aliphatic rings. The van der Waals surface area contributed by atoms with E-state index >= 15 is 0 Å². The maximum atomic E-state index is 5.92. The van der Waals surface area contributed by atoms with Gasteiger partial charge in [0, 0.05) is 6.61 Å². The standard InChI is InChI=1S/C24H44O2/c1-3-5-6-7-8-9-10-11-12-13-14-15-16-17-18-19-21-25-23(20-4-2)24-22-26-24/h4,11-12,23-24H,2-3,5-10,13-22H2,1H3/b12-11-. The highest BCUT2D eigenvalue weighted by Gasteiger charge is 2.32. The fourth-order valence-electron chi connectivity index (χ4n) is 3.35. The molecule has 0 aromatic carbocycles. The Kier molecular flexibility index (Phi) is 16.0. The zero-order valence-electron chi connectivity index (χ0n) is 17.4. The van der Waals surface area contributed by atoms with E-state index in [0.717, 1.165) is 19.6 Å². The van der Waals surface area contributed by atoms with Crippen LogP contribution >= 0.6 is 0 Å². The first-order valence-corrected chi connectivity index (χ1v) is 11.4. The van der Waals surface area contributed by atoms with E-state index in [-0.39, 0.29) is 6.10 Å². The van der Waals surface area contributed by atoms with E-state index < -0.39 is 0 Å². The van der Waals surface area contributed by atoms with Gasteiger partial charge in [0.1, 0.15) is 6.10 Å². The van der Waals surface area contributed by atoms with Crippen LogP contribution in [0.3, 0.4) is 0 Å². The van der Waals surface area contributed by atoms with Gasteiger partial charge in [-0.3, -0.25) is 0 Å². The highest BCUT2D eigenvalue weighted by molar-refractivity contribution is 4.85. The number of epoxide rings is 1. The molecule has 1 saturated heterocycles. The molecule has 1 fully saturated rings. The van der Waals surface area contributed by atoms with Crippen molar-refractivity contribution < 1.29 is 9.47 Å². The summed E-state index contributed by atoms with van der Waals surface area (Å²) >= 11 is 0. The monoisotopic (exact) mass is 364 g/mol. The number of ether oxygens (including phenoxy) is 2. The van der Waals surface area contributed by atoms with E-state index in [1.165, 1.54) is 89.9 Å². The Labute approximate surface area is 163 Å². The summed E-state index contributed by atoms with van der Waals surface area (Å²) in [7, 11) is 0. The normalized spacial score (nSPS) is 17.7. The number of allylic oxidation sites excluding steroid dienone is 2. The van der Waals surface area contributed by atoms with Crippen molar-refractivity contribution in [2.24, 2.45) is 0 Å². The van der Waals surface area contributed by atoms with Gasteiger partial charge < -0.3 is 9.47 Å². The molecule has 0 amide bonds. The van der Waals surface area contributed by atoms with Gasteiger partial charge >= 0.3 is 0 Å². The van der Waals surface area contributed by atoms with E-state index in [9.17, 15) is 0 Å². The molecule has 0 aromatic heterocycles. The first kappa shape index (κ1) is 23.4. The third kappa shape index (κ3) is 14.6. The summed E-state index contributed by atoms with van der Waals surface area (Å²) < 4.78 is 11.2. The van der Waals surface area contributed by atoms with Crippen LogP contribution in [-0.2, 0) is 9.47 Å². The Morgan fingerprint density at radius 3 is 1.96 bits per heavy atom. The predicted octanol–water partition coefficient (Wildman–Crippen LogP) is 7.38. The molecular weight excluding hydrogens is 320 g/mol. The summed E-state index contributed by atoms with van der Waals surface area (Å²) in [5.41, 5.74) is 0. The molecule has 0 radical (unpaired) electrons. The van der Waals surface area contributed by atoms with Gasteiger partial charge in [-0.1, -0.05) is 82.9 Å². The van der Waals surface area contributed by atoms with Gasteiger partial charge in [0.2, 0.25) is 0 Å². The minimum atomic E-state index is 0.246. The Morgan fingerprint density at radius 1 is 0.885 bits per heavy atom. The number of hydrogen-bond donors (Lipinski definition) is 0. The van der Waals surface area contributed by atoms with Crippen LogP contribution in [0.5, 0.6) is 0 Å². The molecular formula is C24H44O2. The first-order valence-electron chi connectivity index (χ1n) is 11.4. The summed E-state index contributed by atoms with van der Waals surface area (Å²) in [6.07, 6.45) is 27.1. The molecule has 0 saturated carbocycles. The average Bonchev–Trinajstić information content (AvgIpc) is 3.48. The third-order valence-corrected chi connectivity index (χ3v) is 5.16. The van der Waals surface area contributed by atoms with Crippen molar-refractivity contribution in [1.29, 1.82) is 0 Å². The Bertz CT molecular complexity index is 333. The molecule has 0 N–H and O–H groups in total. The highest BCUT2D eigenvalue weighted by Crippen LogP contribution is 2.20. The van der Waals surface area contributed by atoms with Gasteiger partial charge in [-0.25, -0.2) is 0 Å². The van der Waals surface area contributed by atoms with Crippen molar-refractivity contribution in [1.82, 2.24) is 0 Å². The summed E-state index contributed by atoms with van der Waals surface area (Å²) in [6.45, 7) is 7.82. The smallest absolute Gasteiger partial charge is 0.107 e. The van der Waals surface area contributed by atoms with Crippen molar-refractivity contribution in [3.05, 3.63) is 24.8 Å². The highest BCUT2D eigenvalue weighted by atomic mass is 16.6. The lowest BCUT2D eigenvalue weighted by molar-refractivity contribution is 0.0331. The Balaban J connectivity index is 1.75. The lowest BCUT2D eigenvalue weighted by atomic mass is 10.1. The van der Waals surface area contributed by atoms with Crippen molar-refractivity contribution >= 4 is 0 Å². The van der Waals surface area contributed by atoms with Crippen LogP contribution in [0.15, 0.2) is 24.8 Å². The molecule has 0 spiro atoms.